The van der Waals surface area contributed by atoms with Crippen LogP contribution in [0.25, 0.3) is 17.1 Å². The Hall–Kier alpha value is -2.59. The third-order valence-electron chi connectivity index (χ3n) is 5.54. The molecular formula is C26H27Cl2N5O2S2. The highest BCUT2D eigenvalue weighted by Gasteiger charge is 2.20. The first kappa shape index (κ1) is 27.4. The molecule has 1 N–H and O–H groups in total. The number of nitrogens with zero attached hydrogens (tertiary/aromatic N) is 4. The summed E-state index contributed by atoms with van der Waals surface area (Å²) in [6.45, 7) is 2.83. The smallest absolute Gasteiger partial charge is 0.270 e. The quantitative estimate of drug-likeness (QED) is 0.141. The van der Waals surface area contributed by atoms with E-state index in [0.717, 1.165) is 23.4 Å². The predicted molar refractivity (Wildman–Crippen MR) is 152 cm³/mol. The highest BCUT2D eigenvalue weighted by Crippen LogP contribution is 2.35. The Morgan fingerprint density at radius 3 is 2.81 bits per heavy atom. The molecule has 0 bridgehead atoms. The standard InChI is InChI=1S/C26H27Cl2N5O2S2/c1-3-4-5-6-12-29-25(34)21-15-36-23(30-21)16-37-26-32-31-24(17-8-7-9-19(13-17)35-2)33(26)22-14-18(27)10-11-20(22)28/h7-11,13-15H,3-6,12,16H2,1-2H3,(H,29,34). The van der Waals surface area contributed by atoms with Gasteiger partial charge in [0.15, 0.2) is 11.0 Å². The fraction of sp³-hybridized carbons (Fsp3) is 0.308. The molecule has 0 atom stereocenters. The van der Waals surface area contributed by atoms with E-state index in [1.807, 2.05) is 28.8 Å². The SMILES string of the molecule is CCCCCCNC(=O)c1csc(CSc2nnc(-c3cccc(OC)c3)n2-c2cc(Cl)ccc2Cl)n1. The fourth-order valence-electron chi connectivity index (χ4n) is 3.64. The van der Waals surface area contributed by atoms with Crippen molar-refractivity contribution in [3.63, 3.8) is 0 Å². The molecule has 0 aliphatic rings. The normalized spacial score (nSPS) is 11.0. The van der Waals surface area contributed by atoms with Crippen molar-refractivity contribution in [2.45, 2.75) is 43.5 Å². The minimum atomic E-state index is -0.141. The van der Waals surface area contributed by atoms with Crippen molar-refractivity contribution in [3.05, 3.63) is 68.6 Å². The van der Waals surface area contributed by atoms with E-state index in [2.05, 4.69) is 27.4 Å². The number of amides is 1. The molecule has 0 fully saturated rings. The molecule has 0 spiro atoms. The van der Waals surface area contributed by atoms with E-state index in [0.29, 0.717) is 50.5 Å². The van der Waals surface area contributed by atoms with E-state index in [4.69, 9.17) is 27.9 Å². The van der Waals surface area contributed by atoms with Crippen molar-refractivity contribution >= 4 is 52.2 Å². The molecule has 2 heterocycles. The number of nitrogens with one attached hydrogen (secondary N) is 1. The lowest BCUT2D eigenvalue weighted by atomic mass is 10.2. The molecule has 1 amide bonds. The number of rotatable bonds is 12. The topological polar surface area (TPSA) is 81.9 Å². The van der Waals surface area contributed by atoms with Crippen molar-refractivity contribution in [1.29, 1.82) is 0 Å². The Balaban J connectivity index is 1.55. The average Bonchev–Trinajstić information content (AvgIpc) is 3.56. The van der Waals surface area contributed by atoms with Crippen LogP contribution in [0.15, 0.2) is 53.0 Å². The number of unbranched alkanes of at least 4 members (excludes halogenated alkanes) is 3. The zero-order valence-electron chi connectivity index (χ0n) is 20.5. The van der Waals surface area contributed by atoms with Crippen molar-refractivity contribution in [2.75, 3.05) is 13.7 Å². The monoisotopic (exact) mass is 575 g/mol. The van der Waals surface area contributed by atoms with Crippen LogP contribution in [-0.2, 0) is 5.75 Å². The second-order valence-electron chi connectivity index (χ2n) is 8.20. The van der Waals surface area contributed by atoms with E-state index >= 15 is 0 Å². The third kappa shape index (κ3) is 7.04. The van der Waals surface area contributed by atoms with Gasteiger partial charge in [-0.1, -0.05) is 73.3 Å². The van der Waals surface area contributed by atoms with Crippen molar-refractivity contribution in [1.82, 2.24) is 25.1 Å². The van der Waals surface area contributed by atoms with Crippen molar-refractivity contribution in [2.24, 2.45) is 0 Å². The first-order chi connectivity index (χ1) is 18.0. The van der Waals surface area contributed by atoms with Gasteiger partial charge in [-0.15, -0.1) is 21.5 Å². The lowest BCUT2D eigenvalue weighted by Gasteiger charge is -2.12. The van der Waals surface area contributed by atoms with Gasteiger partial charge in [0.1, 0.15) is 16.5 Å². The van der Waals surface area contributed by atoms with E-state index in [-0.39, 0.29) is 5.91 Å². The van der Waals surface area contributed by atoms with Crippen LogP contribution in [0.3, 0.4) is 0 Å². The zero-order chi connectivity index (χ0) is 26.2. The number of hydrogen-bond donors (Lipinski definition) is 1. The fourth-order valence-corrected chi connectivity index (χ4v) is 5.74. The number of hydrogen-bond acceptors (Lipinski definition) is 7. The summed E-state index contributed by atoms with van der Waals surface area (Å²) in [5.41, 5.74) is 1.93. The largest absolute Gasteiger partial charge is 0.497 e. The Bertz CT molecular complexity index is 1360. The number of carbonyl (C=O) groups is 1. The van der Waals surface area contributed by atoms with Crippen LogP contribution < -0.4 is 10.1 Å². The highest BCUT2D eigenvalue weighted by atomic mass is 35.5. The van der Waals surface area contributed by atoms with E-state index in [1.165, 1.54) is 35.9 Å². The van der Waals surface area contributed by atoms with E-state index < -0.39 is 0 Å². The molecule has 11 heteroatoms. The summed E-state index contributed by atoms with van der Waals surface area (Å²) < 4.78 is 7.27. The summed E-state index contributed by atoms with van der Waals surface area (Å²) >= 11 is 15.8. The Morgan fingerprint density at radius 2 is 2.00 bits per heavy atom. The number of aromatic nitrogens is 4. The molecule has 0 aliphatic heterocycles. The number of thioether (sulfide) groups is 1. The summed E-state index contributed by atoms with van der Waals surface area (Å²) in [6.07, 6.45) is 4.44. The van der Waals surface area contributed by atoms with Crippen LogP contribution in [0.5, 0.6) is 5.75 Å². The van der Waals surface area contributed by atoms with Crippen LogP contribution in [0, 0.1) is 0 Å². The van der Waals surface area contributed by atoms with Crippen LogP contribution in [-0.4, -0.2) is 39.3 Å². The molecule has 2 aromatic carbocycles. The maximum atomic E-state index is 12.4. The lowest BCUT2D eigenvalue weighted by Crippen LogP contribution is -2.24. The van der Waals surface area contributed by atoms with Gasteiger partial charge in [-0.2, -0.15) is 0 Å². The molecule has 0 saturated carbocycles. The molecule has 0 aliphatic carbocycles. The summed E-state index contributed by atoms with van der Waals surface area (Å²) in [5, 5.41) is 16.2. The van der Waals surface area contributed by atoms with Gasteiger partial charge >= 0.3 is 0 Å². The van der Waals surface area contributed by atoms with Gasteiger partial charge in [-0.25, -0.2) is 4.98 Å². The molecule has 194 valence electrons. The van der Waals surface area contributed by atoms with Gasteiger partial charge in [0.2, 0.25) is 0 Å². The number of ether oxygens (including phenoxy) is 1. The molecule has 37 heavy (non-hydrogen) atoms. The summed E-state index contributed by atoms with van der Waals surface area (Å²) in [5.74, 6) is 1.69. The number of carbonyl (C=O) groups excluding carboxylic acids is 1. The average molecular weight is 577 g/mol. The van der Waals surface area contributed by atoms with Crippen molar-refractivity contribution < 1.29 is 9.53 Å². The maximum absolute atomic E-state index is 12.4. The molecule has 4 aromatic rings. The van der Waals surface area contributed by atoms with E-state index in [1.54, 1.807) is 30.7 Å². The van der Waals surface area contributed by atoms with Gasteiger partial charge in [0.25, 0.3) is 5.91 Å². The molecule has 0 unspecified atom stereocenters. The van der Waals surface area contributed by atoms with Gasteiger partial charge in [0.05, 0.1) is 23.6 Å². The molecule has 4 rings (SSSR count). The van der Waals surface area contributed by atoms with Gasteiger partial charge in [-0.05, 0) is 36.8 Å². The summed E-state index contributed by atoms with van der Waals surface area (Å²) in [4.78, 5) is 17.0. The first-order valence-corrected chi connectivity index (χ1v) is 14.5. The van der Waals surface area contributed by atoms with E-state index in [9.17, 15) is 4.79 Å². The molecule has 7 nitrogen and oxygen atoms in total. The van der Waals surface area contributed by atoms with Gasteiger partial charge < -0.3 is 10.1 Å². The first-order valence-electron chi connectivity index (χ1n) is 11.9. The summed E-state index contributed by atoms with van der Waals surface area (Å²) in [7, 11) is 1.62. The van der Waals surface area contributed by atoms with Crippen molar-refractivity contribution in [3.8, 4) is 22.8 Å². The second kappa shape index (κ2) is 13.3. The van der Waals surface area contributed by atoms with Crippen LogP contribution in [0.2, 0.25) is 10.0 Å². The van der Waals surface area contributed by atoms with Crippen LogP contribution in [0.1, 0.15) is 48.1 Å². The van der Waals surface area contributed by atoms with Crippen LogP contribution >= 0.6 is 46.3 Å². The predicted octanol–water partition coefficient (Wildman–Crippen LogP) is 7.31. The number of benzene rings is 2. The lowest BCUT2D eigenvalue weighted by molar-refractivity contribution is 0.0948. The Labute approximate surface area is 234 Å². The Morgan fingerprint density at radius 1 is 1.14 bits per heavy atom. The number of halogens is 2. The molecular weight excluding hydrogens is 549 g/mol. The molecule has 0 saturated heterocycles. The van der Waals surface area contributed by atoms with Gasteiger partial charge in [-0.3, -0.25) is 9.36 Å². The zero-order valence-corrected chi connectivity index (χ0v) is 23.7. The Kier molecular flexibility index (Phi) is 9.85. The third-order valence-corrected chi connectivity index (χ3v) is 8.06. The minimum absolute atomic E-state index is 0.141. The van der Waals surface area contributed by atoms with Crippen LogP contribution in [0.4, 0.5) is 0 Å². The molecule has 0 radical (unpaired) electrons. The second-order valence-corrected chi connectivity index (χ2v) is 10.9. The molecule has 2 aromatic heterocycles. The number of thiazole rings is 1. The van der Waals surface area contributed by atoms with Gasteiger partial charge in [0, 0.05) is 22.5 Å². The highest BCUT2D eigenvalue weighted by molar-refractivity contribution is 7.98. The summed E-state index contributed by atoms with van der Waals surface area (Å²) in [6, 6.07) is 12.9. The maximum Gasteiger partial charge on any atom is 0.270 e. The number of methoxy groups -OCH3 is 1. The minimum Gasteiger partial charge on any atom is -0.497 e.